The van der Waals surface area contributed by atoms with Crippen molar-refractivity contribution in [3.8, 4) is 5.75 Å². The third-order valence-corrected chi connectivity index (χ3v) is 11.0. The van der Waals surface area contributed by atoms with Crippen LogP contribution < -0.4 is 10.1 Å². The number of nitrogens with one attached hydrogen (secondary N) is 2. The maximum Gasteiger partial charge on any atom is 0.337 e. The van der Waals surface area contributed by atoms with Crippen LogP contribution in [0.2, 0.25) is 0 Å². The van der Waals surface area contributed by atoms with Crippen molar-refractivity contribution < 1.29 is 23.8 Å². The third kappa shape index (κ3) is 13.5. The van der Waals surface area contributed by atoms with Crippen LogP contribution in [0.1, 0.15) is 161 Å². The first-order valence-electron chi connectivity index (χ1n) is 21.4. The molecule has 2 N–H and O–H groups in total. The van der Waals surface area contributed by atoms with E-state index in [-0.39, 0.29) is 18.3 Å². The van der Waals surface area contributed by atoms with Gasteiger partial charge < -0.3 is 24.5 Å². The van der Waals surface area contributed by atoms with Crippen LogP contribution in [0.15, 0.2) is 64.1 Å². The van der Waals surface area contributed by atoms with Crippen LogP contribution >= 0.6 is 11.8 Å². The number of hydrogen-bond acceptors (Lipinski definition) is 8. The van der Waals surface area contributed by atoms with Gasteiger partial charge in [0.25, 0.3) is 0 Å². The number of H-pyrrole nitrogens is 1. The molecule has 1 aliphatic heterocycles. The fraction of sp³-hybridized carbons (Fsp3) is 0.596. The molecule has 308 valence electrons. The summed E-state index contributed by atoms with van der Waals surface area (Å²) in [6.45, 7) is 17.6. The fourth-order valence-corrected chi connectivity index (χ4v) is 8.35. The molecule has 1 aliphatic rings. The molecular weight excluding hydrogens is 719 g/mol. The molecule has 0 saturated carbocycles. The Hall–Kier alpha value is -3.72. The van der Waals surface area contributed by atoms with E-state index < -0.39 is 17.9 Å². The lowest BCUT2D eigenvalue weighted by Gasteiger charge is -2.34. The molecule has 0 radical (unpaired) electrons. The Balaban J connectivity index is 1.66. The lowest BCUT2D eigenvalue weighted by atomic mass is 9.77. The highest BCUT2D eigenvalue weighted by molar-refractivity contribution is 7.99. The summed E-state index contributed by atoms with van der Waals surface area (Å²) >= 11 is 1.50. The minimum absolute atomic E-state index is 0.125. The number of aromatic nitrogens is 2. The van der Waals surface area contributed by atoms with E-state index in [1.807, 2.05) is 72.7 Å². The van der Waals surface area contributed by atoms with Crippen molar-refractivity contribution in [2.45, 2.75) is 182 Å². The van der Waals surface area contributed by atoms with Gasteiger partial charge in [0, 0.05) is 22.7 Å². The summed E-state index contributed by atoms with van der Waals surface area (Å²) in [5.74, 6) is -0.647. The molecule has 2 aromatic carbocycles. The van der Waals surface area contributed by atoms with Gasteiger partial charge in [0.05, 0.1) is 46.4 Å². The van der Waals surface area contributed by atoms with E-state index in [1.54, 1.807) is 0 Å². The highest BCUT2D eigenvalue weighted by atomic mass is 32.2. The first kappa shape index (κ1) is 45.0. The second-order valence-corrected chi connectivity index (χ2v) is 17.2. The molecule has 56 heavy (non-hydrogen) atoms. The Bertz CT molecular complexity index is 1790. The monoisotopic (exact) mass is 787 g/mol. The topological polar surface area (TPSA) is 103 Å². The van der Waals surface area contributed by atoms with Crippen LogP contribution in [-0.2, 0) is 25.5 Å². The van der Waals surface area contributed by atoms with Crippen LogP contribution in [0.5, 0.6) is 5.75 Å². The molecule has 0 amide bonds. The largest absolute Gasteiger partial charge is 0.491 e. The fourth-order valence-electron chi connectivity index (χ4n) is 7.50. The van der Waals surface area contributed by atoms with Gasteiger partial charge in [-0.2, -0.15) is 0 Å². The van der Waals surface area contributed by atoms with E-state index in [4.69, 9.17) is 19.2 Å². The second kappa shape index (κ2) is 22.9. The number of allylic oxidation sites excluding steroid dienone is 1. The number of hydrogen-bond donors (Lipinski definition) is 2. The number of imidazole rings is 1. The van der Waals surface area contributed by atoms with E-state index in [9.17, 15) is 9.59 Å². The minimum Gasteiger partial charge on any atom is -0.491 e. The third-order valence-electron chi connectivity index (χ3n) is 10.1. The number of carbonyl (C=O) groups is 2. The van der Waals surface area contributed by atoms with Gasteiger partial charge in [0.2, 0.25) is 0 Å². The predicted octanol–water partition coefficient (Wildman–Crippen LogP) is 12.2. The van der Waals surface area contributed by atoms with E-state index in [0.717, 1.165) is 52.1 Å². The van der Waals surface area contributed by atoms with Crippen molar-refractivity contribution >= 4 is 34.7 Å². The molecule has 4 rings (SSSR count). The minimum atomic E-state index is -0.769. The molecule has 2 heterocycles. The number of nitrogens with zero attached hydrogens (tertiary/aromatic N) is 1. The number of esters is 2. The van der Waals surface area contributed by atoms with E-state index >= 15 is 0 Å². The van der Waals surface area contributed by atoms with Crippen molar-refractivity contribution in [1.29, 1.82) is 0 Å². The van der Waals surface area contributed by atoms with Gasteiger partial charge in [-0.05, 0) is 97.6 Å². The summed E-state index contributed by atoms with van der Waals surface area (Å²) < 4.78 is 18.4. The van der Waals surface area contributed by atoms with Gasteiger partial charge in [-0.3, -0.25) is 0 Å². The quantitative estimate of drug-likeness (QED) is 0.0526. The molecule has 0 bridgehead atoms. The zero-order valence-electron chi connectivity index (χ0n) is 35.8. The normalized spacial score (nSPS) is 14.7. The summed E-state index contributed by atoms with van der Waals surface area (Å²) in [5.41, 5.74) is 6.99. The molecule has 0 fully saturated rings. The number of unbranched alkanes of at least 4 members (excludes halogenated alkanes) is 12. The van der Waals surface area contributed by atoms with Crippen molar-refractivity contribution in [2.75, 3.05) is 5.75 Å². The van der Waals surface area contributed by atoms with Gasteiger partial charge in [-0.15, -0.1) is 0 Å². The summed E-state index contributed by atoms with van der Waals surface area (Å²) in [4.78, 5) is 36.9. The lowest BCUT2D eigenvalue weighted by Crippen LogP contribution is -2.35. The first-order valence-corrected chi connectivity index (χ1v) is 22.4. The molecule has 0 spiro atoms. The van der Waals surface area contributed by atoms with E-state index in [1.165, 1.54) is 82.4 Å². The number of fused-ring (bicyclic) bond motifs is 1. The maximum absolute atomic E-state index is 14.5. The number of benzene rings is 2. The van der Waals surface area contributed by atoms with E-state index in [0.29, 0.717) is 34.0 Å². The Morgan fingerprint density at radius 1 is 0.750 bits per heavy atom. The van der Waals surface area contributed by atoms with Gasteiger partial charge in [0.1, 0.15) is 5.75 Å². The van der Waals surface area contributed by atoms with Crippen LogP contribution in [0.25, 0.3) is 11.0 Å². The van der Waals surface area contributed by atoms with Gasteiger partial charge in [-0.1, -0.05) is 114 Å². The first-order chi connectivity index (χ1) is 26.9. The van der Waals surface area contributed by atoms with E-state index in [2.05, 4.69) is 36.3 Å². The summed E-state index contributed by atoms with van der Waals surface area (Å²) in [6, 6.07) is 12.2. The van der Waals surface area contributed by atoms with Crippen molar-refractivity contribution in [3.63, 3.8) is 0 Å². The molecule has 1 atom stereocenters. The number of thioether (sulfide) groups is 1. The zero-order chi connectivity index (χ0) is 40.6. The van der Waals surface area contributed by atoms with Crippen LogP contribution in [0.4, 0.5) is 0 Å². The van der Waals surface area contributed by atoms with Crippen LogP contribution in [0.3, 0.4) is 0 Å². The highest BCUT2D eigenvalue weighted by Crippen LogP contribution is 2.46. The van der Waals surface area contributed by atoms with Gasteiger partial charge in [-0.25, -0.2) is 14.6 Å². The summed E-state index contributed by atoms with van der Waals surface area (Å²) in [5, 5.41) is 4.21. The zero-order valence-corrected chi connectivity index (χ0v) is 36.6. The Morgan fingerprint density at radius 3 is 1.93 bits per heavy atom. The molecule has 3 aromatic rings. The average Bonchev–Trinajstić information content (AvgIpc) is 3.53. The Kier molecular flexibility index (Phi) is 18.4. The Morgan fingerprint density at radius 2 is 1.34 bits per heavy atom. The maximum atomic E-state index is 14.5. The van der Waals surface area contributed by atoms with Crippen LogP contribution in [-0.4, -0.2) is 46.0 Å². The molecule has 1 unspecified atom stereocenters. The lowest BCUT2D eigenvalue weighted by molar-refractivity contribution is -0.143. The number of ether oxygens (including phenoxy) is 3. The standard InChI is InChI=1S/C47H69N3O5S/c1-10-11-12-13-14-15-16-17-18-19-20-21-22-24-36-25-23-26-40(53-31(2)3)42(36)44-41(45(51)54-32(4)5)35(9)48-39(43(44)46(52)55-33(6)7)30-56-47-49-37-28-27-34(8)29-38(37)50-47/h23,25-29,31-33,44,48H,10-22,24,30H2,1-9H3,(H,49,50). The number of carbonyl (C=O) groups excluding carboxylic acids is 2. The molecule has 0 saturated heterocycles. The smallest absolute Gasteiger partial charge is 0.337 e. The summed E-state index contributed by atoms with van der Waals surface area (Å²) in [6.07, 6.45) is 16.6. The number of rotatable bonds is 24. The molecule has 1 aromatic heterocycles. The summed E-state index contributed by atoms with van der Waals surface area (Å²) in [7, 11) is 0. The SMILES string of the molecule is CCCCCCCCCCCCCCCc1cccc(OC(C)C)c1C1C(C(=O)OC(C)C)=C(C)NC(CSc2nc3ccc(C)cc3[nH]2)=C1C(=O)OC(C)C. The van der Waals surface area contributed by atoms with Crippen LogP contribution in [0, 0.1) is 6.92 Å². The number of aryl methyl sites for hydroxylation is 2. The van der Waals surface area contributed by atoms with Crippen molar-refractivity contribution in [1.82, 2.24) is 15.3 Å². The number of aromatic amines is 1. The second-order valence-electron chi connectivity index (χ2n) is 16.2. The Labute approximate surface area is 341 Å². The van der Waals surface area contributed by atoms with Gasteiger partial charge >= 0.3 is 11.9 Å². The molecule has 0 aliphatic carbocycles. The average molecular weight is 788 g/mol. The predicted molar refractivity (Wildman–Crippen MR) is 231 cm³/mol. The molecule has 9 heteroatoms. The van der Waals surface area contributed by atoms with Gasteiger partial charge in [0.15, 0.2) is 5.16 Å². The number of dihydropyridines is 1. The molecule has 8 nitrogen and oxygen atoms in total. The van der Waals surface area contributed by atoms with Crippen molar-refractivity contribution in [2.24, 2.45) is 0 Å². The molecular formula is C47H69N3O5S. The highest BCUT2D eigenvalue weighted by Gasteiger charge is 2.42. The van der Waals surface area contributed by atoms with Crippen molar-refractivity contribution in [3.05, 3.63) is 75.6 Å².